The van der Waals surface area contributed by atoms with Crippen LogP contribution < -0.4 is 11.5 Å². The number of fused-ring (bicyclic) bond motifs is 1. The second-order valence-electron chi connectivity index (χ2n) is 4.42. The Labute approximate surface area is 128 Å². The second kappa shape index (κ2) is 4.95. The fraction of sp³-hybridized carbons (Fsp3) is 0. The van der Waals surface area contributed by atoms with Gasteiger partial charge in [0.1, 0.15) is 0 Å². The standard InChI is InChI=1S/C14H8Cl2N2O3/c15-8-3-7(4-9(17)12(8)16)13(19)6-1-2-10-11(5-6)21-14(20)18-10/h1-5H,17H2,(H,18,20). The van der Waals surface area contributed by atoms with E-state index in [0.29, 0.717) is 22.2 Å². The van der Waals surface area contributed by atoms with Gasteiger partial charge in [-0.15, -0.1) is 0 Å². The minimum atomic E-state index is -0.576. The smallest absolute Gasteiger partial charge is 0.408 e. The molecule has 3 aromatic rings. The lowest BCUT2D eigenvalue weighted by molar-refractivity contribution is 0.103. The normalized spacial score (nSPS) is 11.0. The number of nitrogen functional groups attached to an aromatic ring is 1. The van der Waals surface area contributed by atoms with E-state index in [0.717, 1.165) is 0 Å². The van der Waals surface area contributed by atoms with E-state index in [1.165, 1.54) is 18.2 Å². The molecule has 21 heavy (non-hydrogen) atoms. The molecular formula is C14H8Cl2N2O3. The Morgan fingerprint density at radius 3 is 2.62 bits per heavy atom. The molecule has 0 bridgehead atoms. The van der Waals surface area contributed by atoms with Crippen LogP contribution >= 0.6 is 23.2 Å². The lowest BCUT2D eigenvalue weighted by Gasteiger charge is -2.06. The van der Waals surface area contributed by atoms with Crippen molar-refractivity contribution in [2.75, 3.05) is 5.73 Å². The average Bonchev–Trinajstić information content (AvgIpc) is 2.82. The minimum absolute atomic E-state index is 0.203. The van der Waals surface area contributed by atoms with Crippen LogP contribution in [0.25, 0.3) is 11.1 Å². The summed E-state index contributed by atoms with van der Waals surface area (Å²) >= 11 is 11.8. The third-order valence-corrected chi connectivity index (χ3v) is 3.82. The Balaban J connectivity index is 2.09. The number of anilines is 1. The van der Waals surface area contributed by atoms with Gasteiger partial charge in [0.15, 0.2) is 11.4 Å². The van der Waals surface area contributed by atoms with Crippen LogP contribution in [0.2, 0.25) is 10.0 Å². The monoisotopic (exact) mass is 322 g/mol. The van der Waals surface area contributed by atoms with Crippen molar-refractivity contribution >= 4 is 45.8 Å². The van der Waals surface area contributed by atoms with Gasteiger partial charge in [0, 0.05) is 11.1 Å². The zero-order valence-corrected chi connectivity index (χ0v) is 12.0. The van der Waals surface area contributed by atoms with E-state index < -0.39 is 5.76 Å². The van der Waals surface area contributed by atoms with E-state index >= 15 is 0 Å². The SMILES string of the molecule is Nc1cc(C(=O)c2ccc3[nH]c(=O)oc3c2)cc(Cl)c1Cl. The molecule has 0 amide bonds. The highest BCUT2D eigenvalue weighted by Crippen LogP contribution is 2.30. The van der Waals surface area contributed by atoms with Crippen LogP contribution in [-0.4, -0.2) is 10.8 Å². The van der Waals surface area contributed by atoms with Crippen LogP contribution in [0.15, 0.2) is 39.5 Å². The maximum Gasteiger partial charge on any atom is 0.417 e. The molecule has 0 radical (unpaired) electrons. The first-order valence-corrected chi connectivity index (χ1v) is 6.63. The highest BCUT2D eigenvalue weighted by Gasteiger charge is 2.14. The Morgan fingerprint density at radius 1 is 1.14 bits per heavy atom. The topological polar surface area (TPSA) is 89.1 Å². The van der Waals surface area contributed by atoms with Crippen molar-refractivity contribution in [2.45, 2.75) is 0 Å². The maximum atomic E-state index is 12.4. The lowest BCUT2D eigenvalue weighted by atomic mass is 10.0. The quantitative estimate of drug-likeness (QED) is 0.560. The third-order valence-electron chi connectivity index (χ3n) is 3.00. The summed E-state index contributed by atoms with van der Waals surface area (Å²) in [7, 11) is 0. The van der Waals surface area contributed by atoms with E-state index in [2.05, 4.69) is 4.98 Å². The Morgan fingerprint density at radius 2 is 1.90 bits per heavy atom. The molecule has 106 valence electrons. The Hall–Kier alpha value is -2.24. The number of nitrogens with one attached hydrogen (secondary N) is 1. The molecule has 0 aliphatic carbocycles. The summed E-state index contributed by atoms with van der Waals surface area (Å²) in [6.07, 6.45) is 0. The molecule has 0 saturated heterocycles. The summed E-state index contributed by atoms with van der Waals surface area (Å²) in [5, 5.41) is 0.412. The van der Waals surface area contributed by atoms with Gasteiger partial charge in [-0.3, -0.25) is 9.78 Å². The maximum absolute atomic E-state index is 12.4. The number of rotatable bonds is 2. The van der Waals surface area contributed by atoms with Crippen LogP contribution in [0.1, 0.15) is 15.9 Å². The molecule has 5 nitrogen and oxygen atoms in total. The van der Waals surface area contributed by atoms with Crippen LogP contribution in [0.3, 0.4) is 0 Å². The number of aromatic amines is 1. The van der Waals surface area contributed by atoms with E-state index in [4.69, 9.17) is 33.4 Å². The fourth-order valence-corrected chi connectivity index (χ4v) is 2.33. The van der Waals surface area contributed by atoms with E-state index in [-0.39, 0.29) is 21.5 Å². The number of benzene rings is 2. The zero-order valence-electron chi connectivity index (χ0n) is 10.4. The van der Waals surface area contributed by atoms with Crippen molar-refractivity contribution in [1.29, 1.82) is 0 Å². The summed E-state index contributed by atoms with van der Waals surface area (Å²) in [5.41, 5.74) is 7.40. The first-order valence-electron chi connectivity index (χ1n) is 5.88. The molecule has 1 heterocycles. The summed E-state index contributed by atoms with van der Waals surface area (Å²) in [6, 6.07) is 7.55. The van der Waals surface area contributed by atoms with Gasteiger partial charge < -0.3 is 10.2 Å². The molecule has 0 aliphatic rings. The molecule has 0 atom stereocenters. The van der Waals surface area contributed by atoms with Gasteiger partial charge in [-0.1, -0.05) is 23.2 Å². The molecule has 0 spiro atoms. The van der Waals surface area contributed by atoms with Gasteiger partial charge in [0.25, 0.3) is 0 Å². The average molecular weight is 323 g/mol. The molecule has 7 heteroatoms. The molecule has 0 unspecified atom stereocenters. The van der Waals surface area contributed by atoms with Crippen LogP contribution in [0, 0.1) is 0 Å². The lowest BCUT2D eigenvalue weighted by Crippen LogP contribution is -2.02. The number of halogens is 2. The van der Waals surface area contributed by atoms with Crippen molar-refractivity contribution in [3.8, 4) is 0 Å². The predicted octanol–water partition coefficient (Wildman–Crippen LogP) is 3.24. The molecule has 0 saturated carbocycles. The second-order valence-corrected chi connectivity index (χ2v) is 5.20. The molecule has 2 aromatic carbocycles. The predicted molar refractivity (Wildman–Crippen MR) is 81.1 cm³/mol. The van der Waals surface area contributed by atoms with E-state index in [1.54, 1.807) is 12.1 Å². The number of aromatic nitrogens is 1. The van der Waals surface area contributed by atoms with Crippen molar-refractivity contribution in [3.63, 3.8) is 0 Å². The van der Waals surface area contributed by atoms with Crippen molar-refractivity contribution in [3.05, 3.63) is 62.1 Å². The summed E-state index contributed by atoms with van der Waals surface area (Å²) in [4.78, 5) is 26.0. The number of hydrogen-bond donors (Lipinski definition) is 2. The number of H-pyrrole nitrogens is 1. The number of oxazole rings is 1. The third kappa shape index (κ3) is 2.41. The largest absolute Gasteiger partial charge is 0.417 e. The number of nitrogens with two attached hydrogens (primary N) is 1. The number of carbonyl (C=O) groups excluding carboxylic acids is 1. The van der Waals surface area contributed by atoms with E-state index in [9.17, 15) is 9.59 Å². The van der Waals surface area contributed by atoms with Crippen molar-refractivity contribution in [1.82, 2.24) is 4.98 Å². The molecule has 0 aliphatic heterocycles. The number of ketones is 1. The molecule has 3 rings (SSSR count). The van der Waals surface area contributed by atoms with Gasteiger partial charge >= 0.3 is 5.76 Å². The minimum Gasteiger partial charge on any atom is -0.408 e. The van der Waals surface area contributed by atoms with Crippen molar-refractivity contribution < 1.29 is 9.21 Å². The summed E-state index contributed by atoms with van der Waals surface area (Å²) < 4.78 is 4.93. The van der Waals surface area contributed by atoms with Crippen molar-refractivity contribution in [2.24, 2.45) is 0 Å². The highest BCUT2D eigenvalue weighted by molar-refractivity contribution is 6.44. The molecule has 0 fully saturated rings. The van der Waals surface area contributed by atoms with Crippen LogP contribution in [0.4, 0.5) is 5.69 Å². The fourth-order valence-electron chi connectivity index (χ4n) is 1.99. The van der Waals surface area contributed by atoms with Gasteiger partial charge in [-0.05, 0) is 30.3 Å². The number of carbonyl (C=O) groups is 1. The Bertz CT molecular complexity index is 904. The highest BCUT2D eigenvalue weighted by atomic mass is 35.5. The summed E-state index contributed by atoms with van der Waals surface area (Å²) in [5.74, 6) is -0.876. The Kier molecular flexibility index (Phi) is 3.23. The van der Waals surface area contributed by atoms with Crippen LogP contribution in [0.5, 0.6) is 0 Å². The first-order chi connectivity index (χ1) is 9.95. The molecule has 1 aromatic heterocycles. The number of hydrogen-bond acceptors (Lipinski definition) is 4. The van der Waals surface area contributed by atoms with E-state index in [1.807, 2.05) is 0 Å². The zero-order chi connectivity index (χ0) is 15.1. The first kappa shape index (κ1) is 13.7. The van der Waals surface area contributed by atoms with Gasteiger partial charge in [0.2, 0.25) is 0 Å². The summed E-state index contributed by atoms with van der Waals surface area (Å²) in [6.45, 7) is 0. The molecular weight excluding hydrogens is 315 g/mol. The van der Waals surface area contributed by atoms with Gasteiger partial charge in [-0.25, -0.2) is 4.79 Å². The van der Waals surface area contributed by atoms with Gasteiger partial charge in [0.05, 0.1) is 21.2 Å². The van der Waals surface area contributed by atoms with Crippen LogP contribution in [-0.2, 0) is 0 Å². The van der Waals surface area contributed by atoms with Gasteiger partial charge in [-0.2, -0.15) is 0 Å². The molecule has 3 N–H and O–H groups in total.